The topological polar surface area (TPSA) is 106 Å². The number of amides is 2. The van der Waals surface area contributed by atoms with E-state index in [9.17, 15) is 4.79 Å². The Bertz CT molecular complexity index is 1840. The average Bonchev–Trinajstić information content (AvgIpc) is 3.71. The monoisotopic (exact) mass is 570 g/mol. The van der Waals surface area contributed by atoms with Crippen LogP contribution < -0.4 is 15.4 Å². The molecule has 0 unspecified atom stereocenters. The fourth-order valence-electron chi connectivity index (χ4n) is 4.32. The average molecular weight is 571 g/mol. The quantitative estimate of drug-likeness (QED) is 0.244. The SMILES string of the molecule is [2H]C([2H])([2H])C(F)(c1cc(NC(=O)Nc2ccc(-c3cn4c(n3)sc3cc(OCCN5CCOCC5)ccc34)cc2)on1)C([2H])([2H])[2H]. The molecule has 0 aliphatic carbocycles. The summed E-state index contributed by atoms with van der Waals surface area (Å²) in [6, 6.07) is 12.8. The van der Waals surface area contributed by atoms with Crippen LogP contribution in [0.2, 0.25) is 0 Å². The molecule has 12 heteroatoms. The molecule has 1 saturated heterocycles. The first-order chi connectivity index (χ1) is 21.8. The van der Waals surface area contributed by atoms with Gasteiger partial charge in [0.2, 0.25) is 5.88 Å². The predicted molar refractivity (Wildman–Crippen MR) is 152 cm³/mol. The number of thiazole rings is 1. The molecular weight excluding hydrogens is 535 g/mol. The number of benzene rings is 2. The number of morpholine rings is 1. The standard InChI is InChI=1S/C28H29FN6O4S/c1-28(2,29)24-16-25(39-33-24)32-26(36)30-19-5-3-18(4-6-19)21-17-35-22-8-7-20(15-23(22)40-27(35)31-21)38-14-11-34-9-12-37-13-10-34/h3-8,15-17H,9-14H2,1-2H3,(H2,30,32,36)/i1D3,2D3. The Kier molecular flexibility index (Phi) is 5.43. The summed E-state index contributed by atoms with van der Waals surface area (Å²) >= 11 is 1.55. The number of halogens is 1. The van der Waals surface area contributed by atoms with Gasteiger partial charge in [-0.2, -0.15) is 0 Å². The first-order valence-corrected chi connectivity index (χ1v) is 13.3. The lowest BCUT2D eigenvalue weighted by Gasteiger charge is -2.26. The molecule has 6 rings (SSSR count). The van der Waals surface area contributed by atoms with Crippen LogP contribution in [0.5, 0.6) is 5.75 Å². The summed E-state index contributed by atoms with van der Waals surface area (Å²) in [7, 11) is 0. The number of alkyl halides is 1. The molecule has 208 valence electrons. The maximum absolute atomic E-state index is 15.3. The Balaban J connectivity index is 1.08. The molecule has 1 aliphatic heterocycles. The Morgan fingerprint density at radius 3 is 2.80 bits per heavy atom. The summed E-state index contributed by atoms with van der Waals surface area (Å²) in [5.41, 5.74) is -1.81. The van der Waals surface area contributed by atoms with Crippen LogP contribution in [-0.4, -0.2) is 64.9 Å². The summed E-state index contributed by atoms with van der Waals surface area (Å²) in [6.07, 6.45) is 1.94. The minimum atomic E-state index is -3.79. The van der Waals surface area contributed by atoms with Crippen LogP contribution in [0.3, 0.4) is 0 Å². The number of nitrogens with zero attached hydrogens (tertiary/aromatic N) is 4. The van der Waals surface area contributed by atoms with Crippen molar-refractivity contribution in [3.05, 3.63) is 60.4 Å². The Labute approximate surface area is 242 Å². The number of aromatic nitrogens is 3. The van der Waals surface area contributed by atoms with Crippen LogP contribution in [0.4, 0.5) is 20.8 Å². The van der Waals surface area contributed by atoms with Crippen molar-refractivity contribution in [2.45, 2.75) is 19.4 Å². The summed E-state index contributed by atoms with van der Waals surface area (Å²) < 4.78 is 78.7. The molecule has 2 amide bonds. The maximum atomic E-state index is 15.3. The second-order valence-electron chi connectivity index (χ2n) is 9.20. The van der Waals surface area contributed by atoms with Crippen molar-refractivity contribution < 1.29 is 31.4 Å². The third kappa shape index (κ3) is 5.79. The highest BCUT2D eigenvalue weighted by molar-refractivity contribution is 7.23. The van der Waals surface area contributed by atoms with Gasteiger partial charge in [-0.25, -0.2) is 14.2 Å². The van der Waals surface area contributed by atoms with Gasteiger partial charge in [0, 0.05) is 51.4 Å². The van der Waals surface area contributed by atoms with E-state index in [2.05, 4.69) is 20.7 Å². The fraction of sp³-hybridized carbons (Fsp3) is 0.321. The van der Waals surface area contributed by atoms with E-state index in [1.54, 1.807) is 35.6 Å². The number of urea groups is 1. The molecule has 40 heavy (non-hydrogen) atoms. The molecule has 1 aliphatic rings. The summed E-state index contributed by atoms with van der Waals surface area (Å²) in [4.78, 5) is 20.4. The molecule has 2 N–H and O–H groups in total. The number of nitrogens with one attached hydrogen (secondary N) is 2. The zero-order valence-electron chi connectivity index (χ0n) is 27.1. The first kappa shape index (κ1) is 20.0. The second-order valence-corrected chi connectivity index (χ2v) is 10.2. The van der Waals surface area contributed by atoms with Gasteiger partial charge in [0.15, 0.2) is 10.6 Å². The van der Waals surface area contributed by atoms with Gasteiger partial charge in [0.1, 0.15) is 18.1 Å². The lowest BCUT2D eigenvalue weighted by Crippen LogP contribution is -2.38. The van der Waals surface area contributed by atoms with Gasteiger partial charge in [0.25, 0.3) is 0 Å². The molecule has 5 aromatic rings. The van der Waals surface area contributed by atoms with E-state index >= 15 is 4.39 Å². The molecule has 0 radical (unpaired) electrons. The summed E-state index contributed by atoms with van der Waals surface area (Å²) in [6.45, 7) is -2.31. The normalized spacial score (nSPS) is 17.4. The number of anilines is 2. The number of carbonyl (C=O) groups is 1. The van der Waals surface area contributed by atoms with Crippen LogP contribution in [-0.2, 0) is 10.4 Å². The van der Waals surface area contributed by atoms with Gasteiger partial charge in [0.05, 0.1) is 29.1 Å². The number of hydrogen-bond acceptors (Lipinski definition) is 8. The number of ether oxygens (including phenoxy) is 2. The van der Waals surface area contributed by atoms with Crippen LogP contribution >= 0.6 is 11.3 Å². The maximum Gasteiger partial charge on any atom is 0.326 e. The molecular formula is C28H29FN6O4S. The first-order valence-electron chi connectivity index (χ1n) is 15.5. The second kappa shape index (κ2) is 10.9. The highest BCUT2D eigenvalue weighted by Crippen LogP contribution is 2.32. The molecule has 0 saturated carbocycles. The van der Waals surface area contributed by atoms with Crippen molar-refractivity contribution in [1.29, 1.82) is 0 Å². The number of imidazole rings is 1. The van der Waals surface area contributed by atoms with E-state index in [-0.39, 0.29) is 0 Å². The van der Waals surface area contributed by atoms with Crippen LogP contribution in [0, 0.1) is 0 Å². The van der Waals surface area contributed by atoms with Crippen molar-refractivity contribution in [3.8, 4) is 17.0 Å². The van der Waals surface area contributed by atoms with Crippen LogP contribution in [0.25, 0.3) is 26.4 Å². The predicted octanol–water partition coefficient (Wildman–Crippen LogP) is 5.76. The zero-order chi connectivity index (χ0) is 32.7. The van der Waals surface area contributed by atoms with Gasteiger partial charge in [-0.1, -0.05) is 28.6 Å². The van der Waals surface area contributed by atoms with E-state index in [1.807, 2.05) is 28.8 Å². The molecule has 0 bridgehead atoms. The van der Waals surface area contributed by atoms with Gasteiger partial charge in [-0.3, -0.25) is 14.6 Å². The lowest BCUT2D eigenvalue weighted by atomic mass is 10.1. The smallest absolute Gasteiger partial charge is 0.326 e. The Morgan fingerprint density at radius 1 is 1.18 bits per heavy atom. The number of carbonyl (C=O) groups excluding carboxylic acids is 1. The Hall–Kier alpha value is -4.00. The summed E-state index contributed by atoms with van der Waals surface area (Å²) in [5, 5.41) is 8.07. The van der Waals surface area contributed by atoms with Crippen molar-refractivity contribution in [3.63, 3.8) is 0 Å². The zero-order valence-corrected chi connectivity index (χ0v) is 22.0. The molecule has 0 spiro atoms. The fourth-order valence-corrected chi connectivity index (χ4v) is 5.36. The molecule has 10 nitrogen and oxygen atoms in total. The van der Waals surface area contributed by atoms with E-state index in [0.717, 1.165) is 71.1 Å². The van der Waals surface area contributed by atoms with Gasteiger partial charge in [-0.05, 0) is 44.0 Å². The van der Waals surface area contributed by atoms with Crippen LogP contribution in [0.1, 0.15) is 27.6 Å². The number of fused-ring (bicyclic) bond motifs is 3. The van der Waals surface area contributed by atoms with Crippen molar-refractivity contribution in [2.24, 2.45) is 0 Å². The third-order valence-corrected chi connectivity index (χ3v) is 7.40. The van der Waals surface area contributed by atoms with E-state index < -0.39 is 37.0 Å². The Morgan fingerprint density at radius 2 is 2.00 bits per heavy atom. The highest BCUT2D eigenvalue weighted by atomic mass is 32.1. The molecule has 0 atom stereocenters. The largest absolute Gasteiger partial charge is 0.492 e. The molecule has 4 heterocycles. The molecule has 2 aromatic carbocycles. The van der Waals surface area contributed by atoms with Crippen LogP contribution in [0.15, 0.2) is 59.3 Å². The van der Waals surface area contributed by atoms with E-state index in [0.29, 0.717) is 12.3 Å². The lowest BCUT2D eigenvalue weighted by molar-refractivity contribution is 0.0322. The third-order valence-electron chi connectivity index (χ3n) is 6.38. The highest BCUT2D eigenvalue weighted by Gasteiger charge is 2.24. The summed E-state index contributed by atoms with van der Waals surface area (Å²) in [5.74, 6) is 0.375. The van der Waals surface area contributed by atoms with Gasteiger partial charge in [-0.15, -0.1) is 0 Å². The van der Waals surface area contributed by atoms with Gasteiger partial charge >= 0.3 is 6.03 Å². The number of hydrogen-bond donors (Lipinski definition) is 2. The van der Waals surface area contributed by atoms with Gasteiger partial charge < -0.3 is 19.3 Å². The minimum Gasteiger partial charge on any atom is -0.492 e. The molecule has 3 aromatic heterocycles. The van der Waals surface area contributed by atoms with Crippen molar-refractivity contribution >= 4 is 44.1 Å². The van der Waals surface area contributed by atoms with Crippen molar-refractivity contribution in [2.75, 3.05) is 50.1 Å². The molecule has 1 fully saturated rings. The minimum absolute atomic E-state index is 0.401. The number of rotatable bonds is 8. The van der Waals surface area contributed by atoms with E-state index in [1.165, 1.54) is 0 Å². The van der Waals surface area contributed by atoms with E-state index in [4.69, 9.17) is 27.2 Å². The van der Waals surface area contributed by atoms with Crippen molar-refractivity contribution in [1.82, 2.24) is 19.4 Å².